The van der Waals surface area contributed by atoms with Crippen molar-refractivity contribution in [2.45, 2.75) is 71.1 Å². The minimum absolute atomic E-state index is 0.0906. The molecule has 2 aliphatic heterocycles. The lowest BCUT2D eigenvalue weighted by atomic mass is 9.82. The number of benzene rings is 1. The van der Waals surface area contributed by atoms with E-state index in [1.807, 2.05) is 13.8 Å². The van der Waals surface area contributed by atoms with E-state index in [0.717, 1.165) is 64.0 Å². The van der Waals surface area contributed by atoms with Gasteiger partial charge in [0, 0.05) is 57.9 Å². The molecule has 7 nitrogen and oxygen atoms in total. The molecule has 8 heteroatoms. The number of amides is 1. The molecule has 0 unspecified atom stereocenters. The summed E-state index contributed by atoms with van der Waals surface area (Å²) in [4.78, 5) is 12.8. The Kier molecular flexibility index (Phi) is 11.2. The minimum atomic E-state index is -0.426. The average Bonchev–Trinajstić information content (AvgIpc) is 2.86. The van der Waals surface area contributed by atoms with Gasteiger partial charge in [-0.25, -0.2) is 4.39 Å². The number of nitrogens with one attached hydrogen (secondary N) is 2. The highest BCUT2D eigenvalue weighted by Gasteiger charge is 2.33. The zero-order chi connectivity index (χ0) is 25.1. The third-order valence-electron chi connectivity index (χ3n) is 6.97. The van der Waals surface area contributed by atoms with Crippen molar-refractivity contribution in [2.24, 2.45) is 11.3 Å². The molecule has 2 saturated heterocycles. The number of methoxy groups -OCH3 is 1. The van der Waals surface area contributed by atoms with E-state index in [4.69, 9.17) is 18.9 Å². The van der Waals surface area contributed by atoms with Gasteiger partial charge in [0.1, 0.15) is 0 Å². The molecule has 0 aliphatic carbocycles. The lowest BCUT2D eigenvalue weighted by Gasteiger charge is -2.35. The first kappa shape index (κ1) is 27.8. The van der Waals surface area contributed by atoms with E-state index in [9.17, 15) is 9.18 Å². The maximum atomic E-state index is 14.0. The summed E-state index contributed by atoms with van der Waals surface area (Å²) in [5, 5.41) is 6.73. The van der Waals surface area contributed by atoms with Crippen molar-refractivity contribution in [3.05, 3.63) is 29.6 Å². The zero-order valence-electron chi connectivity index (χ0n) is 21.6. The molecule has 0 radical (unpaired) electrons. The van der Waals surface area contributed by atoms with Gasteiger partial charge >= 0.3 is 0 Å². The number of halogens is 1. The monoisotopic (exact) mass is 494 g/mol. The van der Waals surface area contributed by atoms with Crippen molar-refractivity contribution in [3.63, 3.8) is 0 Å². The van der Waals surface area contributed by atoms with Crippen LogP contribution in [-0.4, -0.2) is 64.7 Å². The Hall–Kier alpha value is -1.74. The fraction of sp³-hybridized carbons (Fsp3) is 0.741. The van der Waals surface area contributed by atoms with E-state index in [-0.39, 0.29) is 29.6 Å². The van der Waals surface area contributed by atoms with E-state index >= 15 is 0 Å². The molecule has 0 bridgehead atoms. The van der Waals surface area contributed by atoms with Crippen molar-refractivity contribution in [3.8, 4) is 5.75 Å². The van der Waals surface area contributed by atoms with E-state index in [0.29, 0.717) is 32.2 Å². The van der Waals surface area contributed by atoms with Crippen LogP contribution in [0.15, 0.2) is 18.2 Å². The molecule has 2 heterocycles. The molecule has 3 rings (SSSR count). The Bertz CT molecular complexity index is 777. The Balaban J connectivity index is 1.36. The van der Waals surface area contributed by atoms with Crippen LogP contribution >= 0.6 is 0 Å². The summed E-state index contributed by atoms with van der Waals surface area (Å²) in [6.45, 7) is 8.53. The van der Waals surface area contributed by atoms with Crippen LogP contribution in [0.1, 0.15) is 57.9 Å². The van der Waals surface area contributed by atoms with Crippen molar-refractivity contribution in [1.29, 1.82) is 0 Å². The molecule has 198 valence electrons. The lowest BCUT2D eigenvalue weighted by Crippen LogP contribution is -2.48. The van der Waals surface area contributed by atoms with E-state index in [2.05, 4.69) is 10.6 Å². The highest BCUT2D eigenvalue weighted by molar-refractivity contribution is 5.81. The second kappa shape index (κ2) is 14.1. The molecule has 2 N–H and O–H groups in total. The molecule has 2 fully saturated rings. The molecule has 0 spiro atoms. The smallest absolute Gasteiger partial charge is 0.225 e. The van der Waals surface area contributed by atoms with Crippen LogP contribution in [0.2, 0.25) is 0 Å². The molecule has 0 aromatic heterocycles. The first-order chi connectivity index (χ1) is 16.9. The van der Waals surface area contributed by atoms with Gasteiger partial charge in [-0.1, -0.05) is 19.9 Å². The fourth-order valence-electron chi connectivity index (χ4n) is 4.69. The lowest BCUT2D eigenvalue weighted by molar-refractivity contribution is -0.130. The minimum Gasteiger partial charge on any atom is -0.490 e. The largest absolute Gasteiger partial charge is 0.490 e. The molecular formula is C27H43FN2O5. The Morgan fingerprint density at radius 3 is 2.71 bits per heavy atom. The number of ether oxygens (including phenoxy) is 4. The van der Waals surface area contributed by atoms with Gasteiger partial charge in [-0.15, -0.1) is 0 Å². The second-order valence-electron chi connectivity index (χ2n) is 10.4. The van der Waals surface area contributed by atoms with Crippen LogP contribution in [-0.2, 0) is 25.6 Å². The van der Waals surface area contributed by atoms with Gasteiger partial charge in [0.25, 0.3) is 0 Å². The molecule has 2 aliphatic rings. The summed E-state index contributed by atoms with van der Waals surface area (Å²) >= 11 is 0. The quantitative estimate of drug-likeness (QED) is 0.406. The van der Waals surface area contributed by atoms with E-state index in [1.165, 1.54) is 6.07 Å². The highest BCUT2D eigenvalue weighted by atomic mass is 19.1. The number of hydrogen-bond acceptors (Lipinski definition) is 6. The predicted molar refractivity (Wildman–Crippen MR) is 133 cm³/mol. The van der Waals surface area contributed by atoms with E-state index in [1.54, 1.807) is 19.2 Å². The summed E-state index contributed by atoms with van der Waals surface area (Å²) in [6.07, 6.45) is 5.52. The summed E-state index contributed by atoms with van der Waals surface area (Å²) < 4.78 is 36.0. The standard InChI is InChI=1S/C27H43FN2O5/c1-27(2,26(31)30-17-20-9-13-33-14-10-20)16-22-6-7-23(18-29-22)35-19-21-5-8-24(28)25(15-21)34-12-4-11-32-3/h5,8,15,20,22-23,29H,4,6-7,9-14,16-19H2,1-3H3,(H,30,31)/t22-,23+/m0/s1. The van der Waals surface area contributed by atoms with Gasteiger partial charge in [0.2, 0.25) is 5.91 Å². The molecule has 1 aromatic carbocycles. The van der Waals surface area contributed by atoms with Crippen molar-refractivity contribution in [1.82, 2.24) is 10.6 Å². The third kappa shape index (κ3) is 9.33. The number of carbonyl (C=O) groups excluding carboxylic acids is 1. The number of piperidine rings is 1. The predicted octanol–water partition coefficient (Wildman–Crippen LogP) is 3.84. The van der Waals surface area contributed by atoms with Crippen molar-refractivity contribution < 1.29 is 28.1 Å². The normalized spacial score (nSPS) is 21.6. The SMILES string of the molecule is COCCCOc1cc(CO[C@@H]2CC[C@@H](CC(C)(C)C(=O)NCC3CCOCC3)NC2)ccc1F. The van der Waals surface area contributed by atoms with Crippen molar-refractivity contribution in [2.75, 3.05) is 46.6 Å². The zero-order valence-corrected chi connectivity index (χ0v) is 21.6. The Morgan fingerprint density at radius 2 is 2.00 bits per heavy atom. The molecule has 35 heavy (non-hydrogen) atoms. The van der Waals surface area contributed by atoms with Crippen LogP contribution in [0.4, 0.5) is 4.39 Å². The third-order valence-corrected chi connectivity index (χ3v) is 6.97. The maximum Gasteiger partial charge on any atom is 0.225 e. The van der Waals surface area contributed by atoms with Gasteiger partial charge in [-0.05, 0) is 55.7 Å². The van der Waals surface area contributed by atoms with Gasteiger partial charge in [-0.2, -0.15) is 0 Å². The number of hydrogen-bond donors (Lipinski definition) is 2. The van der Waals surface area contributed by atoms with Gasteiger partial charge in [-0.3, -0.25) is 4.79 Å². The summed E-state index contributed by atoms with van der Waals surface area (Å²) in [6, 6.07) is 5.16. The second-order valence-corrected chi connectivity index (χ2v) is 10.4. The summed E-state index contributed by atoms with van der Waals surface area (Å²) in [5.74, 6) is 0.531. The van der Waals surface area contributed by atoms with Crippen LogP contribution in [0.5, 0.6) is 5.75 Å². The molecule has 0 saturated carbocycles. The van der Waals surface area contributed by atoms with E-state index < -0.39 is 5.41 Å². The fourth-order valence-corrected chi connectivity index (χ4v) is 4.69. The average molecular weight is 495 g/mol. The number of rotatable bonds is 13. The summed E-state index contributed by atoms with van der Waals surface area (Å²) in [5.41, 5.74) is 0.460. The van der Waals surface area contributed by atoms with Crippen LogP contribution < -0.4 is 15.4 Å². The molecule has 1 aromatic rings. The first-order valence-corrected chi connectivity index (χ1v) is 13.0. The Labute approximate surface area is 209 Å². The molecular weight excluding hydrogens is 451 g/mol. The maximum absolute atomic E-state index is 14.0. The topological polar surface area (TPSA) is 78.1 Å². The van der Waals surface area contributed by atoms with Crippen LogP contribution in [0, 0.1) is 17.2 Å². The molecule has 2 atom stereocenters. The Morgan fingerprint density at radius 1 is 1.20 bits per heavy atom. The van der Waals surface area contributed by atoms with Crippen LogP contribution in [0.25, 0.3) is 0 Å². The molecule has 1 amide bonds. The highest BCUT2D eigenvalue weighted by Crippen LogP contribution is 2.28. The van der Waals surface area contributed by atoms with Gasteiger partial charge < -0.3 is 29.6 Å². The van der Waals surface area contributed by atoms with Crippen LogP contribution in [0.3, 0.4) is 0 Å². The first-order valence-electron chi connectivity index (χ1n) is 13.0. The number of carbonyl (C=O) groups is 1. The van der Waals surface area contributed by atoms with Gasteiger partial charge in [0.15, 0.2) is 11.6 Å². The summed E-state index contributed by atoms with van der Waals surface area (Å²) in [7, 11) is 1.63. The van der Waals surface area contributed by atoms with Gasteiger partial charge in [0.05, 0.1) is 19.3 Å². The van der Waals surface area contributed by atoms with Crippen molar-refractivity contribution >= 4 is 5.91 Å².